The van der Waals surface area contributed by atoms with Gasteiger partial charge in [-0.3, -0.25) is 4.57 Å². The Kier molecular flexibility index (Phi) is 5.25. The molecule has 1 fully saturated rings. The smallest absolute Gasteiger partial charge is 0.303 e. The SMILES string of the molecule is Cc1cc(C(F)(F)F)nn1-c1ccc(Cn2c(=O)[nH]c3cnc(-c4cccc(F)c4C4CC4)nc32)cc1. The van der Waals surface area contributed by atoms with Crippen LogP contribution in [0.2, 0.25) is 0 Å². The second-order valence-electron chi connectivity index (χ2n) is 9.17. The first-order valence-corrected chi connectivity index (χ1v) is 11.7. The van der Waals surface area contributed by atoms with Crippen molar-refractivity contribution >= 4 is 11.2 Å². The van der Waals surface area contributed by atoms with Crippen molar-refractivity contribution < 1.29 is 17.6 Å². The summed E-state index contributed by atoms with van der Waals surface area (Å²) in [5.74, 6) is 0.199. The van der Waals surface area contributed by atoms with Crippen LogP contribution in [0.1, 0.15) is 41.3 Å². The van der Waals surface area contributed by atoms with Crippen LogP contribution in [-0.4, -0.2) is 29.3 Å². The molecule has 0 amide bonds. The van der Waals surface area contributed by atoms with E-state index < -0.39 is 11.9 Å². The Labute approximate surface area is 207 Å². The third-order valence-corrected chi connectivity index (χ3v) is 6.49. The maximum atomic E-state index is 14.6. The van der Waals surface area contributed by atoms with E-state index in [1.165, 1.54) is 21.5 Å². The Morgan fingerprint density at radius 3 is 2.54 bits per heavy atom. The van der Waals surface area contributed by atoms with E-state index in [0.717, 1.165) is 24.5 Å². The van der Waals surface area contributed by atoms with Gasteiger partial charge in [-0.05, 0) is 55.5 Å². The molecule has 0 bridgehead atoms. The number of fused-ring (bicyclic) bond motifs is 1. The molecule has 1 aliphatic rings. The van der Waals surface area contributed by atoms with Crippen molar-refractivity contribution in [3.8, 4) is 17.1 Å². The number of H-pyrrole nitrogens is 1. The van der Waals surface area contributed by atoms with Crippen molar-refractivity contribution in [1.82, 2.24) is 29.3 Å². The average molecular weight is 508 g/mol. The van der Waals surface area contributed by atoms with E-state index in [2.05, 4.69) is 20.1 Å². The summed E-state index contributed by atoms with van der Waals surface area (Å²) in [6, 6.07) is 12.5. The summed E-state index contributed by atoms with van der Waals surface area (Å²) in [6.45, 7) is 1.71. The molecule has 37 heavy (non-hydrogen) atoms. The first-order chi connectivity index (χ1) is 17.7. The monoisotopic (exact) mass is 508 g/mol. The number of hydrogen-bond donors (Lipinski definition) is 1. The van der Waals surface area contributed by atoms with Crippen LogP contribution in [0.4, 0.5) is 17.6 Å². The lowest BCUT2D eigenvalue weighted by Crippen LogP contribution is -2.18. The summed E-state index contributed by atoms with van der Waals surface area (Å²) in [6.07, 6.45) is -1.19. The molecule has 0 saturated heterocycles. The summed E-state index contributed by atoms with van der Waals surface area (Å²) in [4.78, 5) is 24.4. The Morgan fingerprint density at radius 2 is 1.86 bits per heavy atom. The number of aromatic nitrogens is 6. The minimum absolute atomic E-state index is 0.146. The van der Waals surface area contributed by atoms with Gasteiger partial charge in [0.2, 0.25) is 0 Å². The largest absolute Gasteiger partial charge is 0.435 e. The lowest BCUT2D eigenvalue weighted by molar-refractivity contribution is -0.141. The molecule has 0 unspecified atom stereocenters. The third kappa shape index (κ3) is 4.20. The van der Waals surface area contributed by atoms with Gasteiger partial charge in [-0.25, -0.2) is 23.8 Å². The highest BCUT2D eigenvalue weighted by atomic mass is 19.4. The van der Waals surface area contributed by atoms with Gasteiger partial charge in [0.1, 0.15) is 11.3 Å². The van der Waals surface area contributed by atoms with Crippen LogP contribution in [0.25, 0.3) is 28.2 Å². The van der Waals surface area contributed by atoms with Crippen molar-refractivity contribution in [1.29, 1.82) is 0 Å². The predicted molar refractivity (Wildman–Crippen MR) is 128 cm³/mol. The zero-order valence-corrected chi connectivity index (χ0v) is 19.6. The van der Waals surface area contributed by atoms with Gasteiger partial charge in [0.25, 0.3) is 0 Å². The molecule has 6 rings (SSSR count). The fraction of sp³-hybridized carbons (Fsp3) is 0.231. The van der Waals surface area contributed by atoms with Gasteiger partial charge in [0.15, 0.2) is 17.2 Å². The van der Waals surface area contributed by atoms with Crippen LogP contribution < -0.4 is 5.69 Å². The van der Waals surface area contributed by atoms with Crippen LogP contribution in [0.5, 0.6) is 0 Å². The van der Waals surface area contributed by atoms with Gasteiger partial charge in [0.05, 0.1) is 18.4 Å². The van der Waals surface area contributed by atoms with Crippen molar-refractivity contribution in [2.24, 2.45) is 0 Å². The van der Waals surface area contributed by atoms with Crippen molar-refractivity contribution in [2.75, 3.05) is 0 Å². The number of alkyl halides is 3. The molecule has 0 spiro atoms. The number of nitrogens with zero attached hydrogens (tertiary/aromatic N) is 5. The fourth-order valence-electron chi connectivity index (χ4n) is 4.54. The maximum Gasteiger partial charge on any atom is 0.435 e. The van der Waals surface area contributed by atoms with Crippen LogP contribution in [0.3, 0.4) is 0 Å². The molecule has 1 N–H and O–H groups in total. The van der Waals surface area contributed by atoms with Crippen molar-refractivity contribution in [3.63, 3.8) is 0 Å². The van der Waals surface area contributed by atoms with Gasteiger partial charge in [-0.2, -0.15) is 18.3 Å². The third-order valence-electron chi connectivity index (χ3n) is 6.49. The minimum Gasteiger partial charge on any atom is -0.303 e. The second kappa shape index (κ2) is 8.39. The molecule has 3 heterocycles. The number of halogens is 4. The highest BCUT2D eigenvalue weighted by Crippen LogP contribution is 2.45. The fourth-order valence-corrected chi connectivity index (χ4v) is 4.54. The molecule has 5 aromatic rings. The lowest BCUT2D eigenvalue weighted by atomic mass is 10.0. The van der Waals surface area contributed by atoms with Gasteiger partial charge in [-0.15, -0.1) is 0 Å². The highest BCUT2D eigenvalue weighted by molar-refractivity contribution is 5.74. The van der Waals surface area contributed by atoms with Gasteiger partial charge in [0, 0.05) is 16.8 Å². The minimum atomic E-state index is -4.53. The Morgan fingerprint density at radius 1 is 1.11 bits per heavy atom. The van der Waals surface area contributed by atoms with E-state index in [4.69, 9.17) is 0 Å². The van der Waals surface area contributed by atoms with Crippen molar-refractivity contribution in [3.05, 3.63) is 93.5 Å². The molecular formula is C26H20F4N6O. The maximum absolute atomic E-state index is 14.6. The van der Waals surface area contributed by atoms with Gasteiger partial charge in [-0.1, -0.05) is 24.3 Å². The average Bonchev–Trinajstić information content (AvgIpc) is 3.55. The topological polar surface area (TPSA) is 81.4 Å². The number of rotatable bonds is 5. The molecule has 1 saturated carbocycles. The molecule has 188 valence electrons. The number of hydrogen-bond acceptors (Lipinski definition) is 4. The zero-order valence-electron chi connectivity index (χ0n) is 19.6. The van der Waals surface area contributed by atoms with E-state index in [-0.39, 0.29) is 24.0 Å². The molecule has 1 aliphatic carbocycles. The summed E-state index contributed by atoms with van der Waals surface area (Å²) < 4.78 is 56.3. The Balaban J connectivity index is 1.33. The van der Waals surface area contributed by atoms with E-state index in [1.807, 2.05) is 0 Å². The van der Waals surface area contributed by atoms with Crippen molar-refractivity contribution in [2.45, 2.75) is 38.4 Å². The summed E-state index contributed by atoms with van der Waals surface area (Å²) in [5.41, 5.74) is 2.24. The first-order valence-electron chi connectivity index (χ1n) is 11.7. The molecule has 3 aromatic heterocycles. The highest BCUT2D eigenvalue weighted by Gasteiger charge is 2.34. The summed E-state index contributed by atoms with van der Waals surface area (Å²) in [7, 11) is 0. The quantitative estimate of drug-likeness (QED) is 0.324. The second-order valence-corrected chi connectivity index (χ2v) is 9.17. The van der Waals surface area contributed by atoms with Crippen LogP contribution in [0, 0.1) is 12.7 Å². The molecular weight excluding hydrogens is 488 g/mol. The lowest BCUT2D eigenvalue weighted by Gasteiger charge is -2.10. The molecule has 0 atom stereocenters. The Hall–Kier alpha value is -4.28. The number of benzene rings is 2. The summed E-state index contributed by atoms with van der Waals surface area (Å²) >= 11 is 0. The van der Waals surface area contributed by atoms with E-state index in [9.17, 15) is 22.4 Å². The van der Waals surface area contributed by atoms with Crippen LogP contribution in [-0.2, 0) is 12.7 Å². The molecule has 0 aliphatic heterocycles. The standard InChI is InChI=1S/C26H20F4N6O/c1-14-11-21(26(28,29)30)34-36(14)17-9-5-15(6-10-17)13-35-24-20(32-25(35)37)12-31-23(33-24)18-3-2-4-19(27)22(18)16-7-8-16/h2-6,9-12,16H,7-8,13H2,1H3,(H,32,37). The predicted octanol–water partition coefficient (Wildman–Crippen LogP) is 5.36. The first kappa shape index (κ1) is 23.1. The molecule has 7 nitrogen and oxygen atoms in total. The number of aryl methyl sites for hydroxylation is 1. The number of aromatic amines is 1. The molecule has 0 radical (unpaired) electrons. The van der Waals surface area contributed by atoms with E-state index >= 15 is 0 Å². The van der Waals surface area contributed by atoms with Crippen LogP contribution >= 0.6 is 0 Å². The Bertz CT molecular complexity index is 1690. The van der Waals surface area contributed by atoms with E-state index in [0.29, 0.717) is 39.5 Å². The van der Waals surface area contributed by atoms with Gasteiger partial charge < -0.3 is 4.98 Å². The number of nitrogens with one attached hydrogen (secondary N) is 1. The number of imidazole rings is 1. The molecule has 2 aromatic carbocycles. The van der Waals surface area contributed by atoms with E-state index in [1.54, 1.807) is 43.3 Å². The van der Waals surface area contributed by atoms with Gasteiger partial charge >= 0.3 is 11.9 Å². The normalized spacial score (nSPS) is 14.0. The zero-order chi connectivity index (χ0) is 25.9. The molecule has 11 heteroatoms. The van der Waals surface area contributed by atoms with Crippen LogP contribution in [0.15, 0.2) is 59.5 Å². The summed E-state index contributed by atoms with van der Waals surface area (Å²) in [5, 5.41) is 3.67.